The molecular formula is C20H29BrO4. The molecule has 3 rings (SSSR count). The van der Waals surface area contributed by atoms with Crippen LogP contribution in [-0.2, 0) is 14.3 Å². The summed E-state index contributed by atoms with van der Waals surface area (Å²) >= 11 is 3.81. The molecule has 0 radical (unpaired) electrons. The van der Waals surface area contributed by atoms with Crippen LogP contribution in [-0.4, -0.2) is 39.3 Å². The van der Waals surface area contributed by atoms with Crippen LogP contribution in [0, 0.1) is 0 Å². The van der Waals surface area contributed by atoms with E-state index < -0.39 is 5.60 Å². The van der Waals surface area contributed by atoms with Crippen molar-refractivity contribution in [2.75, 3.05) is 0 Å². The first kappa shape index (κ1) is 19.1. The lowest BCUT2D eigenvalue weighted by Crippen LogP contribution is -2.46. The van der Waals surface area contributed by atoms with Crippen molar-refractivity contribution < 1.29 is 19.4 Å². The third-order valence-electron chi connectivity index (χ3n) is 6.16. The molecule has 140 valence electrons. The number of aliphatic hydroxyl groups is 1. The van der Waals surface area contributed by atoms with E-state index in [2.05, 4.69) is 35.9 Å². The summed E-state index contributed by atoms with van der Waals surface area (Å²) in [5, 5.41) is 10.9. The summed E-state index contributed by atoms with van der Waals surface area (Å²) in [5.41, 5.74) is 1.78. The number of halogens is 1. The lowest BCUT2D eigenvalue weighted by molar-refractivity contribution is -0.153. The molecule has 0 aromatic carbocycles. The Morgan fingerprint density at radius 1 is 1.20 bits per heavy atom. The largest absolute Gasteiger partial charge is 0.450 e. The molecule has 2 unspecified atom stereocenters. The first-order chi connectivity index (χ1) is 11.6. The average Bonchev–Trinajstić information content (AvgIpc) is 2.74. The second kappa shape index (κ2) is 6.82. The van der Waals surface area contributed by atoms with E-state index in [0.29, 0.717) is 0 Å². The third-order valence-corrected chi connectivity index (χ3v) is 7.59. The van der Waals surface area contributed by atoms with E-state index >= 15 is 0 Å². The maximum absolute atomic E-state index is 12.0. The molecule has 0 aromatic rings. The normalized spacial score (nSPS) is 45.0. The minimum absolute atomic E-state index is 0.170. The van der Waals surface area contributed by atoms with Crippen LogP contribution in [0.2, 0.25) is 0 Å². The van der Waals surface area contributed by atoms with E-state index in [1.807, 2.05) is 13.8 Å². The topological polar surface area (TPSA) is 55.8 Å². The minimum atomic E-state index is -0.824. The highest BCUT2D eigenvalue weighted by Crippen LogP contribution is 2.43. The molecule has 5 atom stereocenters. The number of hydrogen-bond donors (Lipinski definition) is 1. The predicted molar refractivity (Wildman–Crippen MR) is 101 cm³/mol. The molecule has 25 heavy (non-hydrogen) atoms. The Kier molecular flexibility index (Phi) is 5.22. The molecule has 0 spiro atoms. The summed E-state index contributed by atoms with van der Waals surface area (Å²) in [6.07, 6.45) is 6.36. The number of fused-ring (bicyclic) bond motifs is 3. The van der Waals surface area contributed by atoms with Crippen molar-refractivity contribution in [2.45, 2.75) is 94.5 Å². The van der Waals surface area contributed by atoms with E-state index in [9.17, 15) is 9.90 Å². The van der Waals surface area contributed by atoms with Gasteiger partial charge in [0, 0.05) is 10.4 Å². The van der Waals surface area contributed by atoms with Gasteiger partial charge in [-0.05, 0) is 77.9 Å². The van der Waals surface area contributed by atoms with Crippen LogP contribution in [0.3, 0.4) is 0 Å². The third kappa shape index (κ3) is 3.74. The fourth-order valence-electron chi connectivity index (χ4n) is 4.16. The highest BCUT2D eigenvalue weighted by Gasteiger charge is 2.46. The predicted octanol–water partition coefficient (Wildman–Crippen LogP) is 4.20. The van der Waals surface area contributed by atoms with Gasteiger partial charge in [-0.25, -0.2) is 4.79 Å². The summed E-state index contributed by atoms with van der Waals surface area (Å²) in [6, 6.07) is 0. The maximum Gasteiger partial charge on any atom is 0.334 e. The molecule has 3 aliphatic heterocycles. The van der Waals surface area contributed by atoms with Crippen LogP contribution in [0.4, 0.5) is 0 Å². The van der Waals surface area contributed by atoms with Gasteiger partial charge in [0.2, 0.25) is 0 Å². The van der Waals surface area contributed by atoms with E-state index in [1.165, 1.54) is 5.57 Å². The van der Waals surface area contributed by atoms with Crippen LogP contribution in [0.15, 0.2) is 22.8 Å². The maximum atomic E-state index is 12.0. The first-order valence-electron chi connectivity index (χ1n) is 9.24. The molecule has 5 heteroatoms. The summed E-state index contributed by atoms with van der Waals surface area (Å²) in [6.45, 7) is 7.94. The van der Waals surface area contributed by atoms with E-state index in [1.54, 1.807) is 0 Å². The number of hydrogen-bond acceptors (Lipinski definition) is 4. The standard InChI is InChI=1S/C20H29BrO4/c1-12-5-6-17-19(3,23)9-8-16(21)20(4,25-17)10-7-14-13(2)18(22)24-15(14)11-12/h11,15-17,23H,5-10H2,1-4H3/b12-11+/t15?,16-,17?,19-,20+/m1/s1. The van der Waals surface area contributed by atoms with E-state index in [0.717, 1.165) is 49.7 Å². The highest BCUT2D eigenvalue weighted by atomic mass is 79.9. The number of rotatable bonds is 0. The molecule has 0 saturated carbocycles. The summed E-state index contributed by atoms with van der Waals surface area (Å²) in [4.78, 5) is 12.2. The molecule has 3 aliphatic rings. The zero-order valence-electron chi connectivity index (χ0n) is 15.6. The number of allylic oxidation sites excluding steroid dienone is 1. The molecule has 1 saturated heterocycles. The molecule has 0 aromatic heterocycles. The first-order valence-corrected chi connectivity index (χ1v) is 10.2. The Balaban J connectivity index is 1.97. The Labute approximate surface area is 158 Å². The van der Waals surface area contributed by atoms with Crippen molar-refractivity contribution in [3.63, 3.8) is 0 Å². The molecule has 0 aliphatic carbocycles. The monoisotopic (exact) mass is 412 g/mol. The van der Waals surface area contributed by atoms with Crippen molar-refractivity contribution in [3.8, 4) is 0 Å². The van der Waals surface area contributed by atoms with Crippen LogP contribution >= 0.6 is 15.9 Å². The van der Waals surface area contributed by atoms with Crippen LogP contribution in [0.1, 0.15) is 66.2 Å². The van der Waals surface area contributed by atoms with Gasteiger partial charge < -0.3 is 14.6 Å². The lowest BCUT2D eigenvalue weighted by Gasteiger charge is -2.38. The lowest BCUT2D eigenvalue weighted by atomic mass is 9.87. The Bertz CT molecular complexity index is 621. The molecule has 1 N–H and O–H groups in total. The van der Waals surface area contributed by atoms with Gasteiger partial charge in [-0.1, -0.05) is 21.5 Å². The zero-order chi connectivity index (χ0) is 18.4. The van der Waals surface area contributed by atoms with E-state index in [-0.39, 0.29) is 28.6 Å². The van der Waals surface area contributed by atoms with Gasteiger partial charge >= 0.3 is 5.97 Å². The number of ether oxygens (including phenoxy) is 2. The van der Waals surface area contributed by atoms with Crippen molar-refractivity contribution >= 4 is 21.9 Å². The average molecular weight is 413 g/mol. The summed E-state index contributed by atoms with van der Waals surface area (Å²) in [7, 11) is 0. The van der Waals surface area contributed by atoms with Gasteiger partial charge in [0.1, 0.15) is 6.10 Å². The second-order valence-electron chi connectivity index (χ2n) is 8.31. The summed E-state index contributed by atoms with van der Waals surface area (Å²) < 4.78 is 12.1. The van der Waals surface area contributed by atoms with Crippen molar-refractivity contribution in [3.05, 3.63) is 22.8 Å². The van der Waals surface area contributed by atoms with Crippen LogP contribution in [0.5, 0.6) is 0 Å². The van der Waals surface area contributed by atoms with Crippen LogP contribution < -0.4 is 0 Å². The van der Waals surface area contributed by atoms with Gasteiger partial charge in [-0.3, -0.25) is 0 Å². The van der Waals surface area contributed by atoms with E-state index in [4.69, 9.17) is 9.47 Å². The Morgan fingerprint density at radius 3 is 2.64 bits per heavy atom. The van der Waals surface area contributed by atoms with Gasteiger partial charge in [0.15, 0.2) is 0 Å². The van der Waals surface area contributed by atoms with Crippen LogP contribution in [0.25, 0.3) is 0 Å². The quantitative estimate of drug-likeness (QED) is 0.367. The fourth-order valence-corrected chi connectivity index (χ4v) is 4.73. The number of carbonyl (C=O) groups excluding carboxylic acids is 1. The molecule has 4 nitrogen and oxygen atoms in total. The number of carbonyl (C=O) groups is 1. The molecule has 1 fully saturated rings. The zero-order valence-corrected chi connectivity index (χ0v) is 17.2. The van der Waals surface area contributed by atoms with Crippen molar-refractivity contribution in [1.82, 2.24) is 0 Å². The van der Waals surface area contributed by atoms with Gasteiger partial charge in [-0.15, -0.1) is 0 Å². The molecule has 3 heterocycles. The molecular weight excluding hydrogens is 384 g/mol. The van der Waals surface area contributed by atoms with Crippen molar-refractivity contribution in [2.24, 2.45) is 0 Å². The SMILES string of the molecule is CC1=C2CC[C@]3(C)OC(CC/C(C)=C/C2OC1=O)[C@](C)(O)CC[C@H]3Br. The fraction of sp³-hybridized carbons (Fsp3) is 0.750. The highest BCUT2D eigenvalue weighted by molar-refractivity contribution is 9.09. The van der Waals surface area contributed by atoms with Gasteiger partial charge in [0.05, 0.1) is 17.3 Å². The Hall–Kier alpha value is -0.650. The summed E-state index contributed by atoms with van der Waals surface area (Å²) in [5.74, 6) is -0.204. The number of alkyl halides is 1. The van der Waals surface area contributed by atoms with Gasteiger partial charge in [0.25, 0.3) is 0 Å². The number of esters is 1. The molecule has 2 bridgehead atoms. The van der Waals surface area contributed by atoms with Crippen molar-refractivity contribution in [1.29, 1.82) is 0 Å². The second-order valence-corrected chi connectivity index (χ2v) is 9.42. The minimum Gasteiger partial charge on any atom is -0.450 e. The van der Waals surface area contributed by atoms with Gasteiger partial charge in [-0.2, -0.15) is 0 Å². The molecule has 0 amide bonds. The Morgan fingerprint density at radius 2 is 1.92 bits per heavy atom. The smallest absolute Gasteiger partial charge is 0.334 e.